The van der Waals surface area contributed by atoms with Crippen LogP contribution in [-0.4, -0.2) is 50.9 Å². The summed E-state index contributed by atoms with van der Waals surface area (Å²) in [5.74, 6) is -0.918. The van der Waals surface area contributed by atoms with E-state index in [1.54, 1.807) is 18.2 Å². The van der Waals surface area contributed by atoms with Crippen molar-refractivity contribution in [3.05, 3.63) is 42.0 Å². The van der Waals surface area contributed by atoms with Gasteiger partial charge in [0.15, 0.2) is 17.9 Å². The Bertz CT molecular complexity index is 1550. The maximum absolute atomic E-state index is 13.5. The number of anilines is 2. The smallest absolute Gasteiger partial charge is 0.313 e. The van der Waals surface area contributed by atoms with Crippen LogP contribution in [0.4, 0.5) is 11.4 Å². The standard InChI is InChI=1S/C26H26N6O6/c1-24(2)25(3)6-7-26(24,38-23(25)36)22(35)32-15-10-27-19-18(15)29-12-30-20(19)21(34)28-9-13-4-5-16-14(8-13)31-17(33)11-37-16/h4-5,8,10,12,27H,6-7,9,11H2,1-3H3,(H,28,34)(H,31,33)(H,32,35)/t25-,26+/m0/s1. The normalized spacial score (nSPS) is 24.8. The van der Waals surface area contributed by atoms with Crippen molar-refractivity contribution in [1.29, 1.82) is 0 Å². The van der Waals surface area contributed by atoms with E-state index in [-0.39, 0.29) is 30.7 Å². The molecule has 1 saturated carbocycles. The van der Waals surface area contributed by atoms with Gasteiger partial charge in [-0.05, 0) is 37.5 Å². The first-order valence-electron chi connectivity index (χ1n) is 12.3. The fourth-order valence-electron chi connectivity index (χ4n) is 5.68. The first-order chi connectivity index (χ1) is 18.1. The van der Waals surface area contributed by atoms with E-state index in [1.807, 2.05) is 20.8 Å². The molecular weight excluding hydrogens is 492 g/mol. The molecule has 0 radical (unpaired) electrons. The number of aromatic nitrogens is 3. The Hall–Kier alpha value is -4.48. The van der Waals surface area contributed by atoms with Gasteiger partial charge < -0.3 is 30.4 Å². The summed E-state index contributed by atoms with van der Waals surface area (Å²) >= 11 is 0. The van der Waals surface area contributed by atoms with E-state index in [9.17, 15) is 19.2 Å². The molecule has 3 aromatic rings. The number of nitrogens with zero attached hydrogens (tertiary/aromatic N) is 2. The monoisotopic (exact) mass is 518 g/mol. The number of hydrogen-bond acceptors (Lipinski definition) is 8. The van der Waals surface area contributed by atoms with Gasteiger partial charge in [0.2, 0.25) is 0 Å². The predicted octanol–water partition coefficient (Wildman–Crippen LogP) is 2.28. The quantitative estimate of drug-likeness (QED) is 0.374. The van der Waals surface area contributed by atoms with Gasteiger partial charge in [0.25, 0.3) is 17.7 Å². The first-order valence-corrected chi connectivity index (χ1v) is 12.3. The topological polar surface area (TPSA) is 164 Å². The van der Waals surface area contributed by atoms with Gasteiger partial charge >= 0.3 is 5.97 Å². The van der Waals surface area contributed by atoms with E-state index in [4.69, 9.17) is 9.47 Å². The zero-order valence-corrected chi connectivity index (χ0v) is 21.1. The van der Waals surface area contributed by atoms with Gasteiger partial charge in [-0.1, -0.05) is 19.9 Å². The maximum atomic E-state index is 13.5. The van der Waals surface area contributed by atoms with Crippen LogP contribution >= 0.6 is 0 Å². The molecule has 12 nitrogen and oxygen atoms in total. The van der Waals surface area contributed by atoms with Gasteiger partial charge in [0.1, 0.15) is 17.6 Å². The van der Waals surface area contributed by atoms with Gasteiger partial charge in [0.05, 0.1) is 22.3 Å². The first kappa shape index (κ1) is 23.9. The average molecular weight is 519 g/mol. The number of benzene rings is 1. The molecule has 2 bridgehead atoms. The zero-order chi connectivity index (χ0) is 26.9. The third-order valence-electron chi connectivity index (χ3n) is 8.51. The maximum Gasteiger partial charge on any atom is 0.313 e. The molecule has 2 atom stereocenters. The SMILES string of the molecule is CC1(C)[C@@]2(C)CC[C@]1(C(=O)Nc1c[nH]c3c(C(=O)NCc4ccc5c(c4)NC(=O)CO5)ncnc13)OC2=O. The Kier molecular flexibility index (Phi) is 5.03. The third kappa shape index (κ3) is 3.22. The van der Waals surface area contributed by atoms with Crippen molar-refractivity contribution in [2.75, 3.05) is 17.2 Å². The Morgan fingerprint density at radius 3 is 2.68 bits per heavy atom. The lowest BCUT2D eigenvalue weighted by atomic mass is 9.66. The van der Waals surface area contributed by atoms with Crippen molar-refractivity contribution < 1.29 is 28.7 Å². The zero-order valence-electron chi connectivity index (χ0n) is 21.1. The minimum absolute atomic E-state index is 0.0331. The lowest BCUT2D eigenvalue weighted by molar-refractivity contribution is -0.165. The fourth-order valence-corrected chi connectivity index (χ4v) is 5.68. The second-order valence-corrected chi connectivity index (χ2v) is 10.6. The molecule has 12 heteroatoms. The molecule has 4 heterocycles. The molecule has 3 aliphatic rings. The summed E-state index contributed by atoms with van der Waals surface area (Å²) in [5, 5.41) is 8.41. The molecule has 2 aromatic heterocycles. The summed E-state index contributed by atoms with van der Waals surface area (Å²) in [6.45, 7) is 5.75. The van der Waals surface area contributed by atoms with Crippen molar-refractivity contribution >= 4 is 46.1 Å². The van der Waals surface area contributed by atoms with Crippen LogP contribution in [0.2, 0.25) is 0 Å². The van der Waals surface area contributed by atoms with Crippen LogP contribution in [0.25, 0.3) is 11.0 Å². The summed E-state index contributed by atoms with van der Waals surface area (Å²) < 4.78 is 11.0. The number of H-pyrrole nitrogens is 1. The van der Waals surface area contributed by atoms with E-state index in [1.165, 1.54) is 12.5 Å². The van der Waals surface area contributed by atoms with Crippen LogP contribution in [0, 0.1) is 10.8 Å². The predicted molar refractivity (Wildman–Crippen MR) is 134 cm³/mol. The molecule has 1 saturated heterocycles. The van der Waals surface area contributed by atoms with Crippen LogP contribution < -0.4 is 20.7 Å². The van der Waals surface area contributed by atoms with Crippen LogP contribution in [0.15, 0.2) is 30.7 Å². The molecule has 1 aliphatic carbocycles. The fraction of sp³-hybridized carbons (Fsp3) is 0.385. The molecule has 2 aliphatic heterocycles. The van der Waals surface area contributed by atoms with E-state index >= 15 is 0 Å². The summed E-state index contributed by atoms with van der Waals surface area (Å²) in [4.78, 5) is 62.0. The summed E-state index contributed by atoms with van der Waals surface area (Å²) in [6, 6.07) is 5.25. The van der Waals surface area contributed by atoms with E-state index in [2.05, 4.69) is 30.9 Å². The number of aromatic amines is 1. The highest BCUT2D eigenvalue weighted by Crippen LogP contribution is 2.65. The number of hydrogen-bond donors (Lipinski definition) is 4. The molecule has 6 rings (SSSR count). The number of rotatable bonds is 5. The van der Waals surface area contributed by atoms with Crippen LogP contribution in [0.1, 0.15) is 49.7 Å². The summed E-state index contributed by atoms with van der Waals surface area (Å²) in [7, 11) is 0. The second-order valence-electron chi connectivity index (χ2n) is 10.6. The molecule has 2 fully saturated rings. The van der Waals surface area contributed by atoms with Gasteiger partial charge in [0, 0.05) is 18.2 Å². The molecule has 4 N–H and O–H groups in total. The minimum atomic E-state index is -1.28. The van der Waals surface area contributed by atoms with E-state index in [0.29, 0.717) is 41.0 Å². The number of fused-ring (bicyclic) bond motifs is 4. The number of amides is 3. The van der Waals surface area contributed by atoms with Crippen molar-refractivity contribution in [2.24, 2.45) is 10.8 Å². The second kappa shape index (κ2) is 8.01. The number of nitrogens with one attached hydrogen (secondary N) is 4. The Morgan fingerprint density at radius 1 is 1.13 bits per heavy atom. The Morgan fingerprint density at radius 2 is 1.95 bits per heavy atom. The lowest BCUT2D eigenvalue weighted by Gasteiger charge is -2.35. The minimum Gasteiger partial charge on any atom is -0.482 e. The average Bonchev–Trinajstić information content (AvgIpc) is 3.44. The lowest BCUT2D eigenvalue weighted by Crippen LogP contribution is -2.50. The molecule has 0 unspecified atom stereocenters. The van der Waals surface area contributed by atoms with Gasteiger partial charge in [-0.2, -0.15) is 0 Å². The number of esters is 1. The van der Waals surface area contributed by atoms with Gasteiger partial charge in [-0.25, -0.2) is 9.97 Å². The molecule has 3 amide bonds. The van der Waals surface area contributed by atoms with E-state index in [0.717, 1.165) is 5.56 Å². The van der Waals surface area contributed by atoms with Crippen LogP contribution in [-0.2, 0) is 25.7 Å². The summed E-state index contributed by atoms with van der Waals surface area (Å²) in [5.41, 5.74) is -0.250. The molecular formula is C26H26N6O6. The Labute approximate surface area is 216 Å². The third-order valence-corrected chi connectivity index (χ3v) is 8.51. The number of ether oxygens (including phenoxy) is 2. The van der Waals surface area contributed by atoms with Crippen LogP contribution in [0.5, 0.6) is 5.75 Å². The van der Waals surface area contributed by atoms with Crippen molar-refractivity contribution in [2.45, 2.75) is 45.8 Å². The van der Waals surface area contributed by atoms with Crippen LogP contribution in [0.3, 0.4) is 0 Å². The highest BCUT2D eigenvalue weighted by atomic mass is 16.6. The van der Waals surface area contributed by atoms with Crippen molar-refractivity contribution in [3.63, 3.8) is 0 Å². The van der Waals surface area contributed by atoms with Crippen molar-refractivity contribution in [3.8, 4) is 5.75 Å². The highest BCUT2D eigenvalue weighted by Gasteiger charge is 2.75. The molecule has 196 valence electrons. The Balaban J connectivity index is 1.20. The highest BCUT2D eigenvalue weighted by molar-refractivity contribution is 6.10. The molecule has 38 heavy (non-hydrogen) atoms. The number of carbonyl (C=O) groups excluding carboxylic acids is 4. The largest absolute Gasteiger partial charge is 0.482 e. The molecule has 0 spiro atoms. The van der Waals surface area contributed by atoms with Gasteiger partial charge in [-0.15, -0.1) is 0 Å². The summed E-state index contributed by atoms with van der Waals surface area (Å²) in [6.07, 6.45) is 3.78. The molecule has 1 aromatic carbocycles. The van der Waals surface area contributed by atoms with Gasteiger partial charge in [-0.3, -0.25) is 19.2 Å². The number of carbonyl (C=O) groups is 4. The van der Waals surface area contributed by atoms with Crippen molar-refractivity contribution in [1.82, 2.24) is 20.3 Å². The van der Waals surface area contributed by atoms with E-state index < -0.39 is 28.2 Å².